The zero-order valence-corrected chi connectivity index (χ0v) is 30.6. The number of allylic oxidation sites excluding steroid dienone is 12. The van der Waals surface area contributed by atoms with Crippen LogP contribution in [0, 0.1) is 0 Å². The van der Waals surface area contributed by atoms with Crippen molar-refractivity contribution in [1.82, 2.24) is 0 Å². The van der Waals surface area contributed by atoms with Crippen LogP contribution in [-0.4, -0.2) is 0 Å². The molecule has 0 spiro atoms. The molecule has 7 aromatic carbocycles. The lowest BCUT2D eigenvalue weighted by atomic mass is 9.85. The summed E-state index contributed by atoms with van der Waals surface area (Å²) in [5, 5.41) is 12.2. The lowest BCUT2D eigenvalue weighted by molar-refractivity contribution is 0.669. The molecule has 0 aliphatic heterocycles. The maximum atomic E-state index is 6.23. The number of hydrogen-bond acceptors (Lipinski definition) is 2. The second kappa shape index (κ2) is 13.2. The summed E-state index contributed by atoms with van der Waals surface area (Å²) in [5.41, 5.74) is 8.61. The third-order valence-electron chi connectivity index (χ3n) is 10.8. The maximum absolute atomic E-state index is 6.23. The van der Waals surface area contributed by atoms with Gasteiger partial charge in [-0.25, -0.2) is 0 Å². The Morgan fingerprint density at radius 3 is 2.06 bits per heavy atom. The number of benzene rings is 7. The number of para-hydroxylation sites is 1. The quantitative estimate of drug-likeness (QED) is 0.128. The molecular formula is C52H36OS. The maximum Gasteiger partial charge on any atom is 0.136 e. The molecule has 0 N–H and O–H groups in total. The van der Waals surface area contributed by atoms with E-state index in [4.69, 9.17) is 4.42 Å². The van der Waals surface area contributed by atoms with Gasteiger partial charge in [0.05, 0.1) is 0 Å². The summed E-state index contributed by atoms with van der Waals surface area (Å²) >= 11 is 1.84. The average molecular weight is 709 g/mol. The summed E-state index contributed by atoms with van der Waals surface area (Å²) < 4.78 is 8.78. The molecule has 0 atom stereocenters. The first kappa shape index (κ1) is 32.2. The average Bonchev–Trinajstić information content (AvgIpc) is 3.77. The Bertz CT molecular complexity index is 3130. The van der Waals surface area contributed by atoms with Crippen molar-refractivity contribution in [2.75, 3.05) is 0 Å². The molecule has 2 aromatic heterocycles. The van der Waals surface area contributed by atoms with Crippen LogP contribution in [0.5, 0.6) is 0 Å². The van der Waals surface area contributed by atoms with Gasteiger partial charge in [-0.2, -0.15) is 0 Å². The van der Waals surface area contributed by atoms with Crippen molar-refractivity contribution in [3.63, 3.8) is 0 Å². The molecule has 0 fully saturated rings. The van der Waals surface area contributed by atoms with E-state index in [0.717, 1.165) is 51.7 Å². The highest BCUT2D eigenvalue weighted by atomic mass is 32.1. The van der Waals surface area contributed by atoms with E-state index < -0.39 is 0 Å². The van der Waals surface area contributed by atoms with Crippen molar-refractivity contribution in [1.29, 1.82) is 0 Å². The van der Waals surface area contributed by atoms with Crippen LogP contribution in [0.2, 0.25) is 0 Å². The van der Waals surface area contributed by atoms with Gasteiger partial charge in [-0.05, 0) is 115 Å². The Kier molecular flexibility index (Phi) is 7.86. The Hall–Kier alpha value is -6.48. The van der Waals surface area contributed by atoms with E-state index in [1.807, 2.05) is 23.5 Å². The van der Waals surface area contributed by atoms with Crippen LogP contribution in [-0.2, 0) is 0 Å². The van der Waals surface area contributed by atoms with E-state index in [1.165, 1.54) is 69.0 Å². The number of furan rings is 1. The Morgan fingerprint density at radius 2 is 1.24 bits per heavy atom. The van der Waals surface area contributed by atoms with Gasteiger partial charge in [0.25, 0.3) is 0 Å². The molecule has 1 aliphatic rings. The van der Waals surface area contributed by atoms with E-state index in [-0.39, 0.29) is 0 Å². The standard InChI is InChI=1S/C52H36OS/c1-33(36-27-29-48-44(30-36)45-32-43-37(31-49(45)54-48)26-28-47-52(43)42-22-14-15-23-46(42)53-47)24-25-34(2)50-38-18-10-12-20-40(38)51(41-21-13-11-19-39(41)50)35-16-8-6-4-3-5-7-9-17-35/h3-4,6-15,17-32H,1-2,5,16H2/b4-3-,8-6-,9-7-,25-24-,35-17?. The minimum atomic E-state index is 0.854. The van der Waals surface area contributed by atoms with E-state index in [1.54, 1.807) is 0 Å². The first-order valence-electron chi connectivity index (χ1n) is 18.5. The fourth-order valence-electron chi connectivity index (χ4n) is 8.24. The predicted molar refractivity (Wildman–Crippen MR) is 237 cm³/mol. The van der Waals surface area contributed by atoms with Crippen LogP contribution in [0.1, 0.15) is 29.5 Å². The van der Waals surface area contributed by atoms with Crippen LogP contribution >= 0.6 is 11.3 Å². The smallest absolute Gasteiger partial charge is 0.136 e. The molecule has 10 rings (SSSR count). The van der Waals surface area contributed by atoms with E-state index in [9.17, 15) is 0 Å². The normalized spacial score (nSPS) is 15.5. The third-order valence-corrected chi connectivity index (χ3v) is 11.9. The van der Waals surface area contributed by atoms with Crippen molar-refractivity contribution >= 4 is 102 Å². The lowest BCUT2D eigenvalue weighted by Crippen LogP contribution is -1.95. The van der Waals surface area contributed by atoms with Crippen molar-refractivity contribution in [2.24, 2.45) is 0 Å². The summed E-state index contributed by atoms with van der Waals surface area (Å²) in [6.07, 6.45) is 21.5. The van der Waals surface area contributed by atoms with Crippen molar-refractivity contribution in [2.45, 2.75) is 12.8 Å². The number of rotatable bonds is 5. The Morgan fingerprint density at radius 1 is 0.556 bits per heavy atom. The van der Waals surface area contributed by atoms with Crippen LogP contribution in [0.3, 0.4) is 0 Å². The second-order valence-corrected chi connectivity index (χ2v) is 15.1. The van der Waals surface area contributed by atoms with Gasteiger partial charge in [-0.3, -0.25) is 0 Å². The molecule has 9 aromatic rings. The van der Waals surface area contributed by atoms with Crippen LogP contribution in [0.4, 0.5) is 0 Å². The van der Waals surface area contributed by atoms with Crippen LogP contribution in [0.15, 0.2) is 188 Å². The summed E-state index contributed by atoms with van der Waals surface area (Å²) in [6, 6.07) is 41.6. The summed E-state index contributed by atoms with van der Waals surface area (Å²) in [7, 11) is 0. The predicted octanol–water partition coefficient (Wildman–Crippen LogP) is 15.5. The monoisotopic (exact) mass is 708 g/mol. The van der Waals surface area contributed by atoms with Gasteiger partial charge in [0.2, 0.25) is 0 Å². The summed E-state index contributed by atoms with van der Waals surface area (Å²) in [6.45, 7) is 9.21. The molecule has 0 saturated carbocycles. The first-order chi connectivity index (χ1) is 26.6. The molecule has 2 heteroatoms. The topological polar surface area (TPSA) is 13.1 Å². The molecule has 2 heterocycles. The molecule has 0 unspecified atom stereocenters. The van der Waals surface area contributed by atoms with Gasteiger partial charge >= 0.3 is 0 Å². The van der Waals surface area contributed by atoms with Crippen molar-refractivity contribution in [3.8, 4) is 0 Å². The number of hydrogen-bond donors (Lipinski definition) is 0. The molecule has 0 saturated heterocycles. The fraction of sp³-hybridized carbons (Fsp3) is 0.0385. The van der Waals surface area contributed by atoms with E-state index >= 15 is 0 Å². The van der Waals surface area contributed by atoms with Crippen LogP contribution in [0.25, 0.3) is 91.1 Å². The van der Waals surface area contributed by atoms with Gasteiger partial charge in [-0.15, -0.1) is 11.3 Å². The minimum absolute atomic E-state index is 0.854. The van der Waals surface area contributed by atoms with Crippen molar-refractivity contribution < 1.29 is 4.42 Å². The molecule has 0 amide bonds. The number of thiophene rings is 1. The molecule has 54 heavy (non-hydrogen) atoms. The zero-order chi connectivity index (χ0) is 36.2. The summed E-state index contributed by atoms with van der Waals surface area (Å²) in [5.74, 6) is 0. The minimum Gasteiger partial charge on any atom is -0.456 e. The molecule has 0 bridgehead atoms. The second-order valence-electron chi connectivity index (χ2n) is 14.1. The van der Waals surface area contributed by atoms with Gasteiger partial charge in [-0.1, -0.05) is 147 Å². The SMILES string of the molecule is C=C(/C=C\C(=C)c1c2ccccc2c(C2=C/C=C\C/C=C\C=C/C2)c2ccccc12)c1ccc2sc3cc4ccc5oc6ccccc6c5c4cc3c2c1. The molecule has 1 nitrogen and oxygen atoms in total. The summed E-state index contributed by atoms with van der Waals surface area (Å²) in [4.78, 5) is 0. The Balaban J connectivity index is 1.04. The first-order valence-corrected chi connectivity index (χ1v) is 19.3. The third kappa shape index (κ3) is 5.38. The highest BCUT2D eigenvalue weighted by Gasteiger charge is 2.18. The highest BCUT2D eigenvalue weighted by Crippen LogP contribution is 2.43. The largest absolute Gasteiger partial charge is 0.456 e. The Labute approximate surface area is 318 Å². The van der Waals surface area contributed by atoms with Crippen LogP contribution < -0.4 is 0 Å². The molecule has 1 aliphatic carbocycles. The van der Waals surface area contributed by atoms with Crippen molar-refractivity contribution in [3.05, 3.63) is 200 Å². The van der Waals surface area contributed by atoms with E-state index in [2.05, 4.69) is 171 Å². The van der Waals surface area contributed by atoms with E-state index in [0.29, 0.717) is 0 Å². The lowest BCUT2D eigenvalue weighted by Gasteiger charge is -2.19. The van der Waals surface area contributed by atoms with Gasteiger partial charge < -0.3 is 4.42 Å². The number of fused-ring (bicyclic) bond motifs is 10. The molecule has 256 valence electrons. The molecular weight excluding hydrogens is 673 g/mol. The molecule has 0 radical (unpaired) electrons. The zero-order valence-electron chi connectivity index (χ0n) is 29.8. The highest BCUT2D eigenvalue weighted by molar-refractivity contribution is 7.25. The fourth-order valence-corrected chi connectivity index (χ4v) is 9.36. The van der Waals surface area contributed by atoms with Gasteiger partial charge in [0, 0.05) is 30.9 Å². The van der Waals surface area contributed by atoms with Gasteiger partial charge in [0.15, 0.2) is 0 Å². The van der Waals surface area contributed by atoms with Gasteiger partial charge in [0.1, 0.15) is 11.2 Å².